The molecule has 72 heavy (non-hydrogen) atoms. The van der Waals surface area contributed by atoms with Crippen molar-refractivity contribution in [1.82, 2.24) is 27.9 Å². The zero-order valence-electron chi connectivity index (χ0n) is 40.0. The van der Waals surface area contributed by atoms with Crippen molar-refractivity contribution in [2.24, 2.45) is 0 Å². The molecule has 0 atom stereocenters. The summed E-state index contributed by atoms with van der Waals surface area (Å²) in [5.41, 5.74) is 12.3. The highest BCUT2D eigenvalue weighted by molar-refractivity contribution is 5.90. The van der Waals surface area contributed by atoms with Gasteiger partial charge in [0, 0.05) is 47.5 Å². The van der Waals surface area contributed by atoms with Crippen LogP contribution >= 0.6 is 0 Å². The molecular formula is C60H54Br2N8O2. The maximum atomic E-state index is 14.9. The lowest BCUT2D eigenvalue weighted by atomic mass is 10.1. The van der Waals surface area contributed by atoms with Gasteiger partial charge in [0.15, 0.2) is 49.5 Å². The Hall–Kier alpha value is -7.28. The number of para-hydroxylation sites is 4. The van der Waals surface area contributed by atoms with Crippen LogP contribution in [0.1, 0.15) is 62.5 Å². The zero-order valence-corrected chi connectivity index (χ0v) is 43.1. The fourth-order valence-corrected chi connectivity index (χ4v) is 10.7. The lowest BCUT2D eigenvalue weighted by molar-refractivity contribution is -0.688. The molecule has 5 aromatic carbocycles. The second-order valence-corrected chi connectivity index (χ2v) is 18.7. The van der Waals surface area contributed by atoms with E-state index in [-0.39, 0.29) is 45.1 Å². The van der Waals surface area contributed by atoms with E-state index in [0.717, 1.165) is 118 Å². The number of benzene rings is 5. The van der Waals surface area contributed by atoms with Gasteiger partial charge in [-0.2, -0.15) is 0 Å². The molecule has 12 heteroatoms. The normalized spacial score (nSPS) is 13.6. The molecule has 2 aliphatic heterocycles. The molecule has 2 aliphatic rings. The van der Waals surface area contributed by atoms with E-state index in [4.69, 9.17) is 9.97 Å². The Morgan fingerprint density at radius 3 is 1.19 bits per heavy atom. The number of nitrogens with zero attached hydrogens (tertiary/aromatic N) is 8. The van der Waals surface area contributed by atoms with Gasteiger partial charge >= 0.3 is 0 Å². The third-order valence-electron chi connectivity index (χ3n) is 14.0. The van der Waals surface area contributed by atoms with Gasteiger partial charge in [0.05, 0.1) is 33.2 Å². The molecule has 8 heterocycles. The third kappa shape index (κ3) is 9.14. The van der Waals surface area contributed by atoms with Crippen LogP contribution in [-0.2, 0) is 26.2 Å². The molecule has 0 unspecified atom stereocenters. The Balaban J connectivity index is 0.00000298. The number of hydrogen-bond donors (Lipinski definition) is 0. The molecule has 0 amide bonds. The van der Waals surface area contributed by atoms with Gasteiger partial charge in [-0.15, -0.1) is 0 Å². The third-order valence-corrected chi connectivity index (χ3v) is 14.0. The molecule has 13 rings (SSSR count). The summed E-state index contributed by atoms with van der Waals surface area (Å²) >= 11 is 0. The minimum Gasteiger partial charge on any atom is -1.00 e. The van der Waals surface area contributed by atoms with Crippen molar-refractivity contribution in [2.75, 3.05) is 0 Å². The van der Waals surface area contributed by atoms with Crippen LogP contribution in [0.15, 0.2) is 192 Å². The summed E-state index contributed by atoms with van der Waals surface area (Å²) in [6, 6.07) is 53.8. The molecule has 11 aromatic rings. The SMILES string of the molecule is O=c1c2c(-c3ccccc3)nc3n2c2ccccc2n1CCCCCCCCCCn1c(=O)c2c(-c4ccccc4)nc(n2c2ccccc21)-c1ccc[n+](c1)Cc1cccc(c1)C[n+]1cccc-3c1.[Br-].[Br-]. The van der Waals surface area contributed by atoms with Crippen molar-refractivity contribution in [1.29, 1.82) is 0 Å². The maximum Gasteiger partial charge on any atom is 0.277 e. The summed E-state index contributed by atoms with van der Waals surface area (Å²) in [6.45, 7) is 2.55. The quantitative estimate of drug-likeness (QED) is 0.226. The van der Waals surface area contributed by atoms with Crippen molar-refractivity contribution in [3.8, 4) is 45.3 Å². The van der Waals surface area contributed by atoms with Gasteiger partial charge in [-0.25, -0.2) is 19.1 Å². The predicted molar refractivity (Wildman–Crippen MR) is 278 cm³/mol. The fraction of sp³-hybridized carbons (Fsp3) is 0.200. The Kier molecular flexibility index (Phi) is 14.2. The van der Waals surface area contributed by atoms with Crippen molar-refractivity contribution < 1.29 is 43.1 Å². The van der Waals surface area contributed by atoms with Crippen molar-refractivity contribution >= 4 is 33.1 Å². The van der Waals surface area contributed by atoms with E-state index in [0.29, 0.717) is 48.6 Å². The maximum absolute atomic E-state index is 14.9. The van der Waals surface area contributed by atoms with E-state index in [9.17, 15) is 9.59 Å². The van der Waals surface area contributed by atoms with Gasteiger partial charge in [0.1, 0.15) is 22.4 Å². The Labute approximate surface area is 438 Å². The van der Waals surface area contributed by atoms with Crippen molar-refractivity contribution in [3.63, 3.8) is 0 Å². The number of aryl methyl sites for hydroxylation is 2. The lowest BCUT2D eigenvalue weighted by Gasteiger charge is -2.14. The first kappa shape index (κ1) is 48.4. The van der Waals surface area contributed by atoms with Crippen LogP contribution in [0.5, 0.6) is 0 Å². The van der Waals surface area contributed by atoms with Crippen LogP contribution in [0, 0.1) is 0 Å². The average molecular weight is 1080 g/mol. The topological polar surface area (TPSA) is 86.4 Å². The molecule has 0 spiro atoms. The number of aromatic nitrogens is 8. The smallest absolute Gasteiger partial charge is 0.277 e. The van der Waals surface area contributed by atoms with E-state index in [2.05, 4.69) is 128 Å². The fourth-order valence-electron chi connectivity index (χ4n) is 10.7. The van der Waals surface area contributed by atoms with Crippen LogP contribution in [-0.4, -0.2) is 27.9 Å². The first-order valence-electron chi connectivity index (χ1n) is 24.8. The molecule has 10 nitrogen and oxygen atoms in total. The zero-order chi connectivity index (χ0) is 47.0. The highest BCUT2D eigenvalue weighted by Crippen LogP contribution is 2.33. The second-order valence-electron chi connectivity index (χ2n) is 18.7. The van der Waals surface area contributed by atoms with Crippen LogP contribution in [0.3, 0.4) is 0 Å². The molecule has 6 aromatic heterocycles. The number of rotatable bonds is 2. The number of imidazole rings is 2. The number of halogens is 2. The van der Waals surface area contributed by atoms with Crippen molar-refractivity contribution in [2.45, 2.75) is 77.5 Å². The summed E-state index contributed by atoms with van der Waals surface area (Å²) in [7, 11) is 0. The van der Waals surface area contributed by atoms with Gasteiger partial charge in [0.2, 0.25) is 0 Å². The summed E-state index contributed by atoms with van der Waals surface area (Å²) in [4.78, 5) is 40.5. The molecule has 0 radical (unpaired) electrons. The molecular weight excluding hydrogens is 1020 g/mol. The standard InChI is InChI=1S/C60H54N8O2.2BrH/c69-59-55-53(45-24-9-7-10-25-45)61-57-47-28-20-34-63(41-47)39-43-22-19-23-44(38-43)40-64-35-21-29-48(42-64)58-62-54(46-26-11-8-12-27-46)56-60(70)66(50-31-14-16-33-52(50)68(56)58)37-18-6-4-2-1-3-5-17-36-65(59)49-30-13-15-32-51(49)67(55)57;;/h7-16,19-35,38,41-42H,1-6,17-18,36-37,39-40H2;2*1H/q+2;;/p-2. The average Bonchev–Trinajstić information content (AvgIpc) is 4.01. The Bertz CT molecular complexity index is 3610. The van der Waals surface area contributed by atoms with E-state index in [1.165, 1.54) is 0 Å². The predicted octanol–water partition coefficient (Wildman–Crippen LogP) is 5.09. The van der Waals surface area contributed by atoms with E-state index >= 15 is 0 Å². The van der Waals surface area contributed by atoms with Crippen LogP contribution in [0.25, 0.3) is 78.4 Å². The summed E-state index contributed by atoms with van der Waals surface area (Å²) < 4.78 is 12.5. The van der Waals surface area contributed by atoms with Gasteiger partial charge in [-0.05, 0) is 55.3 Å². The van der Waals surface area contributed by atoms with E-state index in [1.54, 1.807) is 0 Å². The molecule has 0 saturated carbocycles. The van der Waals surface area contributed by atoms with Crippen LogP contribution in [0.2, 0.25) is 0 Å². The molecule has 0 N–H and O–H groups in total. The van der Waals surface area contributed by atoms with E-state index < -0.39 is 0 Å². The highest BCUT2D eigenvalue weighted by Gasteiger charge is 2.25. The van der Waals surface area contributed by atoms with Gasteiger partial charge in [-0.3, -0.25) is 18.4 Å². The molecule has 0 saturated heterocycles. The molecule has 0 aliphatic carbocycles. The van der Waals surface area contributed by atoms with Crippen molar-refractivity contribution in [3.05, 3.63) is 214 Å². The largest absolute Gasteiger partial charge is 1.00 e. The number of pyridine rings is 2. The summed E-state index contributed by atoms with van der Waals surface area (Å²) in [5.74, 6) is 1.48. The molecule has 12 bridgehead atoms. The summed E-state index contributed by atoms with van der Waals surface area (Å²) in [5, 5.41) is 0. The van der Waals surface area contributed by atoms with Gasteiger partial charge < -0.3 is 43.1 Å². The first-order chi connectivity index (χ1) is 34.6. The Morgan fingerprint density at radius 1 is 0.389 bits per heavy atom. The minimum atomic E-state index is -0.0217. The monoisotopic (exact) mass is 1080 g/mol. The highest BCUT2D eigenvalue weighted by atomic mass is 79.9. The Morgan fingerprint density at radius 2 is 0.764 bits per heavy atom. The first-order valence-corrected chi connectivity index (χ1v) is 24.8. The lowest BCUT2D eigenvalue weighted by Crippen LogP contribution is -3.00. The molecule has 0 fully saturated rings. The van der Waals surface area contributed by atoms with Crippen LogP contribution in [0.4, 0.5) is 0 Å². The minimum absolute atomic E-state index is 0. The van der Waals surface area contributed by atoms with Gasteiger partial charge in [-0.1, -0.05) is 142 Å². The van der Waals surface area contributed by atoms with Gasteiger partial charge in [0.25, 0.3) is 11.1 Å². The summed E-state index contributed by atoms with van der Waals surface area (Å²) in [6.07, 6.45) is 16.8. The van der Waals surface area contributed by atoms with E-state index in [1.807, 2.05) is 81.9 Å². The molecule has 360 valence electrons. The second kappa shape index (κ2) is 21.2. The number of fused-ring (bicyclic) bond motifs is 9. The number of hydrogen-bond acceptors (Lipinski definition) is 4. The van der Waals surface area contributed by atoms with Crippen LogP contribution < -0.4 is 54.2 Å².